The molecule has 3 aliphatic heterocycles. The highest BCUT2D eigenvalue weighted by Gasteiger charge is 2.37. The molecule has 0 spiro atoms. The first-order valence-electron chi connectivity index (χ1n) is 9.87. The molecule has 4 heterocycles. The second-order valence-electron chi connectivity index (χ2n) is 7.07. The third-order valence-corrected chi connectivity index (χ3v) is 7.11. The predicted molar refractivity (Wildman–Crippen MR) is 127 cm³/mol. The molecule has 164 valence electrons. The zero-order valence-electron chi connectivity index (χ0n) is 16.8. The number of ether oxygens (including phenoxy) is 1. The normalized spacial score (nSPS) is 20.0. The second-order valence-corrected chi connectivity index (χ2v) is 9.42. The van der Waals surface area contributed by atoms with E-state index in [2.05, 4.69) is 15.0 Å². The number of hydrogen-bond donors (Lipinski definition) is 1. The number of furan rings is 1. The molecule has 0 bridgehead atoms. The zero-order valence-corrected chi connectivity index (χ0v) is 19.2. The number of carbonyl (C=O) groups excluding carboxylic acids is 1. The number of amides is 1. The molecule has 1 amide bonds. The maximum absolute atomic E-state index is 12.6. The summed E-state index contributed by atoms with van der Waals surface area (Å²) in [6.07, 6.45) is 1.55. The van der Waals surface area contributed by atoms with Crippen LogP contribution in [0.3, 0.4) is 0 Å². The van der Waals surface area contributed by atoms with E-state index in [0.717, 1.165) is 34.7 Å². The third-order valence-electron chi connectivity index (χ3n) is 4.91. The summed E-state index contributed by atoms with van der Waals surface area (Å²) >= 11 is 8.76. The summed E-state index contributed by atoms with van der Waals surface area (Å²) in [6.45, 7) is 2.70. The molecule has 8 nitrogen and oxygen atoms in total. The Balaban J connectivity index is 1.29. The van der Waals surface area contributed by atoms with Crippen LogP contribution in [0.25, 0.3) is 6.08 Å². The largest absolute Gasteiger partial charge is 0.450 e. The molecule has 11 heteroatoms. The lowest BCUT2D eigenvalue weighted by Crippen LogP contribution is -2.39. The van der Waals surface area contributed by atoms with Crippen LogP contribution in [-0.2, 0) is 15.3 Å². The number of fused-ring (bicyclic) bond motifs is 1. The number of hydrazone groups is 1. The minimum atomic E-state index is -0.473. The van der Waals surface area contributed by atoms with Crippen LogP contribution in [0, 0.1) is 5.41 Å². The van der Waals surface area contributed by atoms with Crippen LogP contribution in [0.5, 0.6) is 0 Å². The van der Waals surface area contributed by atoms with Crippen molar-refractivity contribution >= 4 is 63.3 Å². The van der Waals surface area contributed by atoms with Gasteiger partial charge in [-0.15, -0.1) is 5.10 Å². The van der Waals surface area contributed by atoms with E-state index in [4.69, 9.17) is 26.2 Å². The summed E-state index contributed by atoms with van der Waals surface area (Å²) in [5.74, 6) is 0.730. The first-order chi connectivity index (χ1) is 15.6. The smallest absolute Gasteiger partial charge is 0.283 e. The molecule has 3 aliphatic rings. The van der Waals surface area contributed by atoms with E-state index >= 15 is 0 Å². The summed E-state index contributed by atoms with van der Waals surface area (Å²) in [7, 11) is 0. The lowest BCUT2D eigenvalue weighted by Gasteiger charge is -2.26. The number of thioether (sulfide) groups is 2. The van der Waals surface area contributed by atoms with E-state index in [1.165, 1.54) is 28.5 Å². The number of nitrogens with one attached hydrogen (secondary N) is 1. The monoisotopic (exact) mass is 487 g/mol. The van der Waals surface area contributed by atoms with E-state index in [1.807, 2.05) is 30.3 Å². The minimum absolute atomic E-state index is 0.0115. The van der Waals surface area contributed by atoms with Crippen LogP contribution in [-0.4, -0.2) is 58.3 Å². The summed E-state index contributed by atoms with van der Waals surface area (Å²) in [4.78, 5) is 18.8. The van der Waals surface area contributed by atoms with Gasteiger partial charge in [-0.05, 0) is 47.7 Å². The Morgan fingerprint density at radius 2 is 1.94 bits per heavy atom. The second kappa shape index (κ2) is 9.14. The van der Waals surface area contributed by atoms with E-state index in [0.29, 0.717) is 29.2 Å². The molecule has 2 aromatic rings. The lowest BCUT2D eigenvalue weighted by molar-refractivity contribution is -0.114. The molecule has 32 heavy (non-hydrogen) atoms. The number of morpholine rings is 1. The van der Waals surface area contributed by atoms with E-state index in [9.17, 15) is 4.79 Å². The number of halogens is 1. The Bertz CT molecular complexity index is 1150. The molecule has 0 unspecified atom stereocenters. The number of hydrogen-bond acceptors (Lipinski definition) is 8. The quantitative estimate of drug-likeness (QED) is 0.511. The molecule has 1 aromatic carbocycles. The van der Waals surface area contributed by atoms with Gasteiger partial charge in [0.25, 0.3) is 5.91 Å². The van der Waals surface area contributed by atoms with E-state index in [1.54, 1.807) is 12.1 Å². The molecule has 1 aromatic heterocycles. The van der Waals surface area contributed by atoms with Crippen LogP contribution < -0.4 is 0 Å². The molecule has 0 saturated carbocycles. The molecule has 0 radical (unpaired) electrons. The Kier molecular flexibility index (Phi) is 6.09. The molecule has 5 rings (SSSR count). The van der Waals surface area contributed by atoms with Crippen LogP contribution in [0.15, 0.2) is 61.6 Å². The van der Waals surface area contributed by atoms with Crippen molar-refractivity contribution in [1.82, 2.24) is 9.91 Å². The number of benzene rings is 1. The highest BCUT2D eigenvalue weighted by Crippen LogP contribution is 2.31. The van der Waals surface area contributed by atoms with Gasteiger partial charge in [0.15, 0.2) is 16.1 Å². The van der Waals surface area contributed by atoms with Gasteiger partial charge in [-0.25, -0.2) is 0 Å². The number of carbonyl (C=O) groups is 1. The van der Waals surface area contributed by atoms with Gasteiger partial charge < -0.3 is 14.1 Å². The van der Waals surface area contributed by atoms with Gasteiger partial charge in [-0.3, -0.25) is 10.2 Å². The van der Waals surface area contributed by atoms with Crippen LogP contribution in [0.2, 0.25) is 5.02 Å². The number of nitrogens with zero attached hydrogens (tertiary/aromatic N) is 4. The highest BCUT2D eigenvalue weighted by atomic mass is 35.5. The summed E-state index contributed by atoms with van der Waals surface area (Å²) in [5.41, 5.74) is 1.27. The summed E-state index contributed by atoms with van der Waals surface area (Å²) in [5, 5.41) is 17.0. The van der Waals surface area contributed by atoms with Crippen molar-refractivity contribution in [3.63, 3.8) is 0 Å². The average molecular weight is 488 g/mol. The molecule has 0 aliphatic carbocycles. The zero-order chi connectivity index (χ0) is 22.1. The highest BCUT2D eigenvalue weighted by molar-refractivity contribution is 8.26. The van der Waals surface area contributed by atoms with Crippen LogP contribution in [0.4, 0.5) is 0 Å². The molecule has 1 N–H and O–H groups in total. The van der Waals surface area contributed by atoms with Crippen molar-refractivity contribution < 1.29 is 13.9 Å². The Morgan fingerprint density at radius 1 is 1.16 bits per heavy atom. The molecule has 0 atom stereocenters. The van der Waals surface area contributed by atoms with Gasteiger partial charge in [-0.1, -0.05) is 35.5 Å². The van der Waals surface area contributed by atoms with Gasteiger partial charge in [-0.2, -0.15) is 10.0 Å². The van der Waals surface area contributed by atoms with Gasteiger partial charge >= 0.3 is 0 Å². The summed E-state index contributed by atoms with van der Waals surface area (Å²) in [6, 6.07) is 11.3. The first-order valence-corrected chi connectivity index (χ1v) is 12.0. The average Bonchev–Trinajstić information content (AvgIpc) is 3.44. The van der Waals surface area contributed by atoms with Crippen molar-refractivity contribution in [3.8, 4) is 0 Å². The standard InChI is InChI=1S/C21H18ClN5O3S2/c22-14-3-1-13(2-4-14)12-31-17-6-5-15(30-17)11-16-18(23)27-20(24-19(16)28)32-21(25-27)26-7-9-29-10-8-26/h1-6,11,23H,7-10,12H2/b16-11+,23-18?. The van der Waals surface area contributed by atoms with Crippen LogP contribution in [0.1, 0.15) is 11.3 Å². The maximum Gasteiger partial charge on any atom is 0.283 e. The fourth-order valence-electron chi connectivity index (χ4n) is 3.23. The molecule has 1 fully saturated rings. The van der Waals surface area contributed by atoms with Crippen molar-refractivity contribution in [2.45, 2.75) is 10.8 Å². The van der Waals surface area contributed by atoms with Gasteiger partial charge in [0.1, 0.15) is 5.76 Å². The van der Waals surface area contributed by atoms with Gasteiger partial charge in [0, 0.05) is 23.9 Å². The van der Waals surface area contributed by atoms with Gasteiger partial charge in [0.2, 0.25) is 5.17 Å². The maximum atomic E-state index is 12.6. The SMILES string of the molecule is N=C1/C(=C\c2ccc(SCc3ccc(Cl)cc3)o2)C(=O)N=C2SC(N3CCOCC3)=NN12. The topological polar surface area (TPSA) is 94.5 Å². The lowest BCUT2D eigenvalue weighted by atomic mass is 10.1. The minimum Gasteiger partial charge on any atom is -0.450 e. The van der Waals surface area contributed by atoms with Crippen molar-refractivity contribution in [3.05, 3.63) is 58.3 Å². The van der Waals surface area contributed by atoms with Crippen molar-refractivity contribution in [1.29, 1.82) is 5.41 Å². The van der Waals surface area contributed by atoms with E-state index in [-0.39, 0.29) is 11.4 Å². The Labute approximate surface area is 197 Å². The third kappa shape index (κ3) is 4.49. The molecule has 1 saturated heterocycles. The van der Waals surface area contributed by atoms with Crippen molar-refractivity contribution in [2.75, 3.05) is 26.3 Å². The van der Waals surface area contributed by atoms with Crippen LogP contribution >= 0.6 is 35.1 Å². The van der Waals surface area contributed by atoms with E-state index < -0.39 is 5.91 Å². The molecular weight excluding hydrogens is 470 g/mol. The number of aliphatic imine (C=N–C) groups is 1. The summed E-state index contributed by atoms with van der Waals surface area (Å²) < 4.78 is 11.2. The molecular formula is C21H18ClN5O3S2. The number of rotatable bonds is 4. The Morgan fingerprint density at radius 3 is 2.72 bits per heavy atom. The fourth-order valence-corrected chi connectivity index (χ4v) is 5.12. The first kappa shape index (κ1) is 21.3. The fraction of sp³-hybridized carbons (Fsp3) is 0.238. The Hall–Kier alpha value is -2.53. The number of amidine groups is 3. The van der Waals surface area contributed by atoms with Crippen molar-refractivity contribution in [2.24, 2.45) is 10.1 Å². The van der Waals surface area contributed by atoms with Gasteiger partial charge in [0.05, 0.1) is 18.8 Å². The predicted octanol–water partition coefficient (Wildman–Crippen LogP) is 4.13.